The lowest BCUT2D eigenvalue weighted by Gasteiger charge is -2.15. The van der Waals surface area contributed by atoms with Crippen LogP contribution in [0.15, 0.2) is 78.9 Å². The maximum absolute atomic E-state index is 11.7. The van der Waals surface area contributed by atoms with Gasteiger partial charge in [0.05, 0.1) is 0 Å². The van der Waals surface area contributed by atoms with Crippen molar-refractivity contribution in [3.63, 3.8) is 0 Å². The van der Waals surface area contributed by atoms with E-state index in [0.29, 0.717) is 20.6 Å². The molecule has 2 nitrogen and oxygen atoms in total. The SMILES string of the molecule is CC(=O)OC(/C=C(\C#Cc1ccc(Cl)cc1)c1ccc(Cl)cc1)c1ccc(Cl)cc1. The van der Waals surface area contributed by atoms with E-state index in [0.717, 1.165) is 16.7 Å². The first-order chi connectivity index (χ1) is 14.4. The molecule has 0 aliphatic carbocycles. The number of carbonyl (C=O) groups is 1. The van der Waals surface area contributed by atoms with Crippen molar-refractivity contribution in [2.45, 2.75) is 13.0 Å². The fourth-order valence-electron chi connectivity index (χ4n) is 2.69. The normalized spacial score (nSPS) is 11.9. The van der Waals surface area contributed by atoms with Crippen LogP contribution >= 0.6 is 34.8 Å². The fourth-order valence-corrected chi connectivity index (χ4v) is 3.07. The van der Waals surface area contributed by atoms with Gasteiger partial charge in [0.25, 0.3) is 0 Å². The Kier molecular flexibility index (Phi) is 7.60. The van der Waals surface area contributed by atoms with Crippen LogP contribution in [-0.2, 0) is 9.53 Å². The van der Waals surface area contributed by atoms with Gasteiger partial charge < -0.3 is 4.74 Å². The predicted octanol–water partition coefficient (Wildman–Crippen LogP) is 7.39. The van der Waals surface area contributed by atoms with Gasteiger partial charge in [-0.3, -0.25) is 4.79 Å². The van der Waals surface area contributed by atoms with Crippen LogP contribution in [0.2, 0.25) is 15.1 Å². The maximum atomic E-state index is 11.7. The van der Waals surface area contributed by atoms with Crippen molar-refractivity contribution in [3.8, 4) is 11.8 Å². The molecule has 0 aliphatic heterocycles. The van der Waals surface area contributed by atoms with Crippen LogP contribution in [0.5, 0.6) is 0 Å². The van der Waals surface area contributed by atoms with Crippen molar-refractivity contribution in [1.29, 1.82) is 0 Å². The first-order valence-corrected chi connectivity index (χ1v) is 10.2. The third-order valence-electron chi connectivity index (χ3n) is 4.15. The summed E-state index contributed by atoms with van der Waals surface area (Å²) in [5.41, 5.74) is 3.15. The number of ether oxygens (including phenoxy) is 1. The van der Waals surface area contributed by atoms with Crippen LogP contribution in [0.25, 0.3) is 5.57 Å². The summed E-state index contributed by atoms with van der Waals surface area (Å²) in [6.07, 6.45) is 1.20. The summed E-state index contributed by atoms with van der Waals surface area (Å²) in [7, 11) is 0. The number of halogens is 3. The molecule has 0 heterocycles. The molecule has 3 rings (SSSR count). The van der Waals surface area contributed by atoms with Gasteiger partial charge in [0.2, 0.25) is 0 Å². The van der Waals surface area contributed by atoms with Gasteiger partial charge >= 0.3 is 5.97 Å². The molecular formula is C25H17Cl3O2. The van der Waals surface area contributed by atoms with Gasteiger partial charge in [-0.25, -0.2) is 0 Å². The van der Waals surface area contributed by atoms with Crippen molar-refractivity contribution >= 4 is 46.3 Å². The Bertz CT molecular complexity index is 1100. The highest BCUT2D eigenvalue weighted by Crippen LogP contribution is 2.27. The minimum Gasteiger partial charge on any atom is -0.453 e. The molecule has 0 saturated carbocycles. The molecule has 0 bridgehead atoms. The molecule has 0 aromatic heterocycles. The summed E-state index contributed by atoms with van der Waals surface area (Å²) in [4.78, 5) is 11.7. The monoisotopic (exact) mass is 454 g/mol. The molecule has 0 fully saturated rings. The molecule has 0 radical (unpaired) electrons. The maximum Gasteiger partial charge on any atom is 0.303 e. The highest BCUT2D eigenvalue weighted by atomic mass is 35.5. The lowest BCUT2D eigenvalue weighted by molar-refractivity contribution is -0.144. The Balaban J connectivity index is 2.06. The predicted molar refractivity (Wildman–Crippen MR) is 124 cm³/mol. The van der Waals surface area contributed by atoms with Crippen molar-refractivity contribution in [2.24, 2.45) is 0 Å². The van der Waals surface area contributed by atoms with Crippen LogP contribution in [0.1, 0.15) is 29.7 Å². The van der Waals surface area contributed by atoms with E-state index in [1.54, 1.807) is 36.4 Å². The van der Waals surface area contributed by atoms with Crippen LogP contribution in [-0.4, -0.2) is 5.97 Å². The summed E-state index contributed by atoms with van der Waals surface area (Å²) >= 11 is 18.0. The average molecular weight is 456 g/mol. The van der Waals surface area contributed by atoms with E-state index in [9.17, 15) is 4.79 Å². The number of hydrogen-bond donors (Lipinski definition) is 0. The highest BCUT2D eigenvalue weighted by Gasteiger charge is 2.14. The molecule has 5 heteroatoms. The summed E-state index contributed by atoms with van der Waals surface area (Å²) in [6.45, 7) is 1.37. The van der Waals surface area contributed by atoms with E-state index in [1.165, 1.54) is 6.92 Å². The van der Waals surface area contributed by atoms with E-state index in [2.05, 4.69) is 11.8 Å². The number of allylic oxidation sites excluding steroid dienone is 1. The zero-order chi connectivity index (χ0) is 21.5. The zero-order valence-electron chi connectivity index (χ0n) is 16.0. The Hall–Kier alpha value is -2.70. The Labute approximate surface area is 191 Å². The van der Waals surface area contributed by atoms with Gasteiger partial charge in [-0.05, 0) is 65.7 Å². The largest absolute Gasteiger partial charge is 0.453 e. The number of esters is 1. The molecule has 0 spiro atoms. The Morgan fingerprint density at radius 3 is 1.87 bits per heavy atom. The fraction of sp³-hybridized carbons (Fsp3) is 0.0800. The second-order valence-electron chi connectivity index (χ2n) is 6.43. The first-order valence-electron chi connectivity index (χ1n) is 9.09. The molecule has 3 aromatic carbocycles. The van der Waals surface area contributed by atoms with Gasteiger partial charge in [-0.2, -0.15) is 0 Å². The minimum atomic E-state index is -0.620. The molecule has 0 amide bonds. The highest BCUT2D eigenvalue weighted by molar-refractivity contribution is 6.31. The summed E-state index contributed by atoms with van der Waals surface area (Å²) in [5, 5.41) is 1.87. The van der Waals surface area contributed by atoms with Gasteiger partial charge in [-0.15, -0.1) is 0 Å². The molecule has 0 saturated heterocycles. The van der Waals surface area contributed by atoms with Crippen LogP contribution in [0, 0.1) is 11.8 Å². The Morgan fingerprint density at radius 2 is 1.33 bits per heavy atom. The minimum absolute atomic E-state index is 0.396. The topological polar surface area (TPSA) is 26.3 Å². The third-order valence-corrected chi connectivity index (χ3v) is 4.91. The molecule has 0 aliphatic rings. The van der Waals surface area contributed by atoms with E-state index >= 15 is 0 Å². The Morgan fingerprint density at radius 1 is 0.833 bits per heavy atom. The molecule has 1 unspecified atom stereocenters. The van der Waals surface area contributed by atoms with Crippen molar-refractivity contribution in [2.75, 3.05) is 0 Å². The first kappa shape index (κ1) is 22.0. The number of carbonyl (C=O) groups excluding carboxylic acids is 1. The molecule has 1 atom stereocenters. The molecule has 0 N–H and O–H groups in total. The van der Waals surface area contributed by atoms with Gasteiger partial charge in [0.1, 0.15) is 6.10 Å². The number of rotatable bonds is 4. The van der Waals surface area contributed by atoms with Gasteiger partial charge in [0.15, 0.2) is 0 Å². The molecule has 150 valence electrons. The summed E-state index contributed by atoms with van der Waals surface area (Å²) in [5.74, 6) is 5.92. The zero-order valence-corrected chi connectivity index (χ0v) is 18.3. The lowest BCUT2D eigenvalue weighted by Crippen LogP contribution is -2.07. The third kappa shape index (κ3) is 6.40. The molecular weight excluding hydrogens is 439 g/mol. The molecule has 3 aromatic rings. The van der Waals surface area contributed by atoms with E-state index in [-0.39, 0.29) is 0 Å². The average Bonchev–Trinajstić information content (AvgIpc) is 2.72. The van der Waals surface area contributed by atoms with Gasteiger partial charge in [0, 0.05) is 33.1 Å². The smallest absolute Gasteiger partial charge is 0.303 e. The van der Waals surface area contributed by atoms with Crippen molar-refractivity contribution in [3.05, 3.63) is 111 Å². The van der Waals surface area contributed by atoms with E-state index < -0.39 is 12.1 Å². The summed E-state index contributed by atoms with van der Waals surface area (Å²) in [6, 6.07) is 21.7. The van der Waals surface area contributed by atoms with Gasteiger partial charge in [-0.1, -0.05) is 70.9 Å². The van der Waals surface area contributed by atoms with Crippen molar-refractivity contribution in [1.82, 2.24) is 0 Å². The second kappa shape index (κ2) is 10.4. The number of hydrogen-bond acceptors (Lipinski definition) is 2. The van der Waals surface area contributed by atoms with Crippen molar-refractivity contribution < 1.29 is 9.53 Å². The summed E-state index contributed by atoms with van der Waals surface area (Å²) < 4.78 is 5.55. The lowest BCUT2D eigenvalue weighted by atomic mass is 10.0. The van der Waals surface area contributed by atoms with Crippen LogP contribution in [0.4, 0.5) is 0 Å². The second-order valence-corrected chi connectivity index (χ2v) is 7.74. The quantitative estimate of drug-likeness (QED) is 0.303. The van der Waals surface area contributed by atoms with Crippen LogP contribution in [0.3, 0.4) is 0 Å². The standard InChI is InChI=1S/C25H17Cl3O2/c1-17(29)30-25(20-8-14-24(28)15-9-20)16-21(19-6-12-23(27)13-7-19)5-2-18-3-10-22(26)11-4-18/h3-4,6-16,25H,1H3/b21-16+. The number of benzene rings is 3. The van der Waals surface area contributed by atoms with Crippen LogP contribution < -0.4 is 0 Å². The van der Waals surface area contributed by atoms with E-state index in [1.807, 2.05) is 42.5 Å². The van der Waals surface area contributed by atoms with E-state index in [4.69, 9.17) is 39.5 Å². The molecule has 30 heavy (non-hydrogen) atoms.